The largest absolute Gasteiger partial charge is 0.494 e. The fraction of sp³-hybridized carbons (Fsp3) is 0.321. The molecule has 3 rings (SSSR count). The number of carbonyl (C=O) groups is 1. The van der Waals surface area contributed by atoms with Crippen molar-refractivity contribution < 1.29 is 14.3 Å². The lowest BCUT2D eigenvalue weighted by Gasteiger charge is -2.08. The molecular formula is C28H32O3. The van der Waals surface area contributed by atoms with Gasteiger partial charge >= 0.3 is 5.97 Å². The summed E-state index contributed by atoms with van der Waals surface area (Å²) in [6.45, 7) is 5.07. The number of esters is 1. The van der Waals surface area contributed by atoms with Crippen LogP contribution < -0.4 is 9.47 Å². The highest BCUT2D eigenvalue weighted by Crippen LogP contribution is 2.23. The summed E-state index contributed by atoms with van der Waals surface area (Å²) in [6.07, 6.45) is 5.42. The van der Waals surface area contributed by atoms with Crippen LogP contribution in [0.15, 0.2) is 72.8 Å². The quantitative estimate of drug-likeness (QED) is 0.191. The summed E-state index contributed by atoms with van der Waals surface area (Å²) >= 11 is 0. The first-order valence-corrected chi connectivity index (χ1v) is 11.3. The standard InChI is InChI=1S/C28H32O3/c1-3-5-21-30-26-16-9-23(10-17-26)11-20-28(29)31-27-18-14-25(15-19-27)24-12-7-22(6-4-2)8-13-24/h7-10,12-19H,3-6,11,20-21H2,1-2H3. The molecule has 0 aliphatic rings. The van der Waals surface area contributed by atoms with Crippen LogP contribution >= 0.6 is 0 Å². The number of unbranched alkanes of at least 4 members (excludes halogenated alkanes) is 1. The normalized spacial score (nSPS) is 10.6. The van der Waals surface area contributed by atoms with Gasteiger partial charge in [0.15, 0.2) is 0 Å². The molecule has 0 heterocycles. The van der Waals surface area contributed by atoms with E-state index >= 15 is 0 Å². The van der Waals surface area contributed by atoms with Crippen molar-refractivity contribution in [1.29, 1.82) is 0 Å². The summed E-state index contributed by atoms with van der Waals surface area (Å²) in [4.78, 5) is 12.2. The zero-order chi connectivity index (χ0) is 21.9. The van der Waals surface area contributed by atoms with Gasteiger partial charge in [0.25, 0.3) is 0 Å². The fourth-order valence-electron chi connectivity index (χ4n) is 3.38. The lowest BCUT2D eigenvalue weighted by Crippen LogP contribution is -2.09. The molecule has 0 bridgehead atoms. The van der Waals surface area contributed by atoms with Crippen LogP contribution in [0.5, 0.6) is 11.5 Å². The third-order valence-electron chi connectivity index (χ3n) is 5.22. The molecule has 0 aliphatic carbocycles. The predicted octanol–water partition coefficient (Wildman–Crippen LogP) is 7.02. The van der Waals surface area contributed by atoms with Crippen molar-refractivity contribution in [1.82, 2.24) is 0 Å². The van der Waals surface area contributed by atoms with E-state index in [1.54, 1.807) is 0 Å². The molecule has 0 amide bonds. The minimum atomic E-state index is -0.222. The monoisotopic (exact) mass is 416 g/mol. The van der Waals surface area contributed by atoms with E-state index in [0.717, 1.165) is 49.2 Å². The maximum atomic E-state index is 12.2. The summed E-state index contributed by atoms with van der Waals surface area (Å²) in [5, 5.41) is 0. The molecule has 0 spiro atoms. The van der Waals surface area contributed by atoms with Gasteiger partial charge in [-0.25, -0.2) is 0 Å². The number of ether oxygens (including phenoxy) is 2. The molecule has 31 heavy (non-hydrogen) atoms. The molecule has 3 aromatic rings. The number of benzene rings is 3. The van der Waals surface area contributed by atoms with E-state index in [2.05, 4.69) is 38.1 Å². The summed E-state index contributed by atoms with van der Waals surface area (Å²) in [7, 11) is 0. The first-order valence-electron chi connectivity index (χ1n) is 11.3. The van der Waals surface area contributed by atoms with Gasteiger partial charge in [0.05, 0.1) is 6.61 Å². The highest BCUT2D eigenvalue weighted by molar-refractivity contribution is 5.73. The lowest BCUT2D eigenvalue weighted by atomic mass is 10.0. The van der Waals surface area contributed by atoms with Crippen LogP contribution in [0, 0.1) is 0 Å². The van der Waals surface area contributed by atoms with Crippen molar-refractivity contribution in [2.24, 2.45) is 0 Å². The van der Waals surface area contributed by atoms with E-state index in [-0.39, 0.29) is 5.97 Å². The molecule has 0 atom stereocenters. The van der Waals surface area contributed by atoms with Gasteiger partial charge < -0.3 is 9.47 Å². The molecule has 3 heteroatoms. The van der Waals surface area contributed by atoms with Crippen LogP contribution in [0.25, 0.3) is 11.1 Å². The van der Waals surface area contributed by atoms with E-state index in [9.17, 15) is 4.79 Å². The first-order chi connectivity index (χ1) is 15.2. The van der Waals surface area contributed by atoms with E-state index < -0.39 is 0 Å². The Morgan fingerprint density at radius 1 is 0.677 bits per heavy atom. The van der Waals surface area contributed by atoms with Crippen molar-refractivity contribution in [3.05, 3.63) is 83.9 Å². The Labute approximate surface area is 186 Å². The van der Waals surface area contributed by atoms with Crippen LogP contribution in [0.2, 0.25) is 0 Å². The molecule has 0 aliphatic heterocycles. The van der Waals surface area contributed by atoms with E-state index in [1.165, 1.54) is 11.1 Å². The average Bonchev–Trinajstić information content (AvgIpc) is 2.80. The maximum absolute atomic E-state index is 12.2. The van der Waals surface area contributed by atoms with Gasteiger partial charge in [0.1, 0.15) is 11.5 Å². The van der Waals surface area contributed by atoms with Gasteiger partial charge in [-0.15, -0.1) is 0 Å². The Morgan fingerprint density at radius 2 is 1.23 bits per heavy atom. The van der Waals surface area contributed by atoms with E-state index in [0.29, 0.717) is 18.6 Å². The van der Waals surface area contributed by atoms with Gasteiger partial charge in [0, 0.05) is 6.42 Å². The van der Waals surface area contributed by atoms with Gasteiger partial charge in [-0.05, 0) is 65.8 Å². The number of rotatable bonds is 11. The second-order valence-electron chi connectivity index (χ2n) is 7.79. The van der Waals surface area contributed by atoms with Crippen molar-refractivity contribution in [2.75, 3.05) is 6.61 Å². The Morgan fingerprint density at radius 3 is 1.84 bits per heavy atom. The Bertz CT molecular complexity index is 926. The van der Waals surface area contributed by atoms with E-state index in [1.807, 2.05) is 48.5 Å². The van der Waals surface area contributed by atoms with Crippen molar-refractivity contribution >= 4 is 5.97 Å². The second-order valence-corrected chi connectivity index (χ2v) is 7.79. The molecule has 0 aromatic heterocycles. The fourth-order valence-corrected chi connectivity index (χ4v) is 3.38. The number of carbonyl (C=O) groups excluding carboxylic acids is 1. The van der Waals surface area contributed by atoms with Crippen molar-refractivity contribution in [2.45, 2.75) is 52.4 Å². The highest BCUT2D eigenvalue weighted by atomic mass is 16.5. The van der Waals surface area contributed by atoms with Crippen LogP contribution in [0.1, 0.15) is 50.7 Å². The molecule has 3 nitrogen and oxygen atoms in total. The minimum Gasteiger partial charge on any atom is -0.494 e. The zero-order valence-corrected chi connectivity index (χ0v) is 18.6. The molecule has 0 N–H and O–H groups in total. The predicted molar refractivity (Wildman–Crippen MR) is 127 cm³/mol. The van der Waals surface area contributed by atoms with Gasteiger partial charge in [-0.1, -0.05) is 75.2 Å². The van der Waals surface area contributed by atoms with E-state index in [4.69, 9.17) is 9.47 Å². The molecular weight excluding hydrogens is 384 g/mol. The SMILES string of the molecule is CCCCOc1ccc(CCC(=O)Oc2ccc(-c3ccc(CCC)cc3)cc2)cc1. The van der Waals surface area contributed by atoms with Crippen LogP contribution in [-0.2, 0) is 17.6 Å². The number of hydrogen-bond acceptors (Lipinski definition) is 3. The van der Waals surface area contributed by atoms with Crippen molar-refractivity contribution in [3.8, 4) is 22.6 Å². The summed E-state index contributed by atoms with van der Waals surface area (Å²) < 4.78 is 11.2. The maximum Gasteiger partial charge on any atom is 0.311 e. The smallest absolute Gasteiger partial charge is 0.311 e. The molecule has 162 valence electrons. The number of hydrogen-bond donors (Lipinski definition) is 0. The Balaban J connectivity index is 1.47. The van der Waals surface area contributed by atoms with Gasteiger partial charge in [-0.3, -0.25) is 4.79 Å². The molecule has 0 saturated heterocycles. The molecule has 0 unspecified atom stereocenters. The third-order valence-corrected chi connectivity index (χ3v) is 5.22. The second kappa shape index (κ2) is 11.9. The molecule has 0 fully saturated rings. The van der Waals surface area contributed by atoms with Gasteiger partial charge in [0.2, 0.25) is 0 Å². The van der Waals surface area contributed by atoms with Crippen LogP contribution in [-0.4, -0.2) is 12.6 Å². The average molecular weight is 417 g/mol. The van der Waals surface area contributed by atoms with Crippen LogP contribution in [0.4, 0.5) is 0 Å². The zero-order valence-electron chi connectivity index (χ0n) is 18.6. The first kappa shape index (κ1) is 22.6. The summed E-state index contributed by atoms with van der Waals surface area (Å²) in [5.74, 6) is 1.23. The minimum absolute atomic E-state index is 0.222. The molecule has 0 radical (unpaired) electrons. The lowest BCUT2D eigenvalue weighted by molar-refractivity contribution is -0.134. The topological polar surface area (TPSA) is 35.5 Å². The Kier molecular flexibility index (Phi) is 8.71. The molecule has 3 aromatic carbocycles. The third kappa shape index (κ3) is 7.29. The Hall–Kier alpha value is -3.07. The van der Waals surface area contributed by atoms with Crippen LogP contribution in [0.3, 0.4) is 0 Å². The summed E-state index contributed by atoms with van der Waals surface area (Å²) in [5.41, 5.74) is 4.74. The van der Waals surface area contributed by atoms with Gasteiger partial charge in [-0.2, -0.15) is 0 Å². The molecule has 0 saturated carbocycles. The highest BCUT2D eigenvalue weighted by Gasteiger charge is 2.07. The summed E-state index contributed by atoms with van der Waals surface area (Å²) in [6, 6.07) is 24.3. The van der Waals surface area contributed by atoms with Crippen molar-refractivity contribution in [3.63, 3.8) is 0 Å². The number of aryl methyl sites for hydroxylation is 2.